The molecular formula is C26H18F2O5S. The Balaban J connectivity index is 1.79. The van der Waals surface area contributed by atoms with E-state index in [2.05, 4.69) is 4.74 Å². The van der Waals surface area contributed by atoms with Crippen molar-refractivity contribution in [3.05, 3.63) is 94.1 Å². The maximum Gasteiger partial charge on any atom is 0.297 e. The molecule has 4 aromatic rings. The number of fused-ring (bicyclic) bond motifs is 1. The summed E-state index contributed by atoms with van der Waals surface area (Å²) in [6.45, 7) is 1.90. The first-order chi connectivity index (χ1) is 16.4. The van der Waals surface area contributed by atoms with E-state index in [0.29, 0.717) is 32.5 Å². The van der Waals surface area contributed by atoms with Gasteiger partial charge in [0, 0.05) is 15.6 Å². The monoisotopic (exact) mass is 480 g/mol. The SMILES string of the molecule is COc1ccc2c(Oc3ccc(/C=C/OC=O)cc3F)c(C(=O)c3ccc(F)cc3C)sc2c1. The van der Waals surface area contributed by atoms with Crippen molar-refractivity contribution in [2.45, 2.75) is 6.92 Å². The minimum atomic E-state index is -0.669. The van der Waals surface area contributed by atoms with Gasteiger partial charge in [0.15, 0.2) is 17.3 Å². The van der Waals surface area contributed by atoms with Crippen LogP contribution in [-0.2, 0) is 9.53 Å². The molecule has 0 unspecified atom stereocenters. The van der Waals surface area contributed by atoms with E-state index >= 15 is 0 Å². The summed E-state index contributed by atoms with van der Waals surface area (Å²) in [5.74, 6) is -0.772. The maximum absolute atomic E-state index is 14.8. The standard InChI is InChI=1S/C26H18F2O5S/c1-15-11-17(27)4-6-19(15)24(30)26-25(20-7-5-18(31-2)13-23(20)34-26)33-22-8-3-16(12-21(22)28)9-10-32-14-29/h3-14H,1-2H3/b10-9+. The molecule has 0 aliphatic rings. The fourth-order valence-corrected chi connectivity index (χ4v) is 4.51. The number of hydrogen-bond donors (Lipinski definition) is 0. The first kappa shape index (κ1) is 23.1. The Morgan fingerprint density at radius 3 is 2.56 bits per heavy atom. The Hall–Kier alpha value is -4.04. The summed E-state index contributed by atoms with van der Waals surface area (Å²) in [4.78, 5) is 23.9. The summed E-state index contributed by atoms with van der Waals surface area (Å²) in [6.07, 6.45) is 2.55. The first-order valence-corrected chi connectivity index (χ1v) is 10.9. The third-order valence-electron chi connectivity index (χ3n) is 5.05. The molecule has 0 saturated carbocycles. The topological polar surface area (TPSA) is 61.8 Å². The third kappa shape index (κ3) is 4.67. The molecule has 0 spiro atoms. The lowest BCUT2D eigenvalue weighted by molar-refractivity contribution is -0.123. The van der Waals surface area contributed by atoms with Crippen LogP contribution in [0.15, 0.2) is 60.9 Å². The molecule has 1 aromatic heterocycles. The molecule has 34 heavy (non-hydrogen) atoms. The fourth-order valence-electron chi connectivity index (χ4n) is 3.40. The predicted molar refractivity (Wildman–Crippen MR) is 126 cm³/mol. The number of hydrogen-bond acceptors (Lipinski definition) is 6. The summed E-state index contributed by atoms with van der Waals surface area (Å²) in [5.41, 5.74) is 1.25. The second-order valence-corrected chi connectivity index (χ2v) is 8.29. The fraction of sp³-hybridized carbons (Fsp3) is 0.0769. The average Bonchev–Trinajstić information content (AvgIpc) is 3.18. The summed E-state index contributed by atoms with van der Waals surface area (Å²) in [7, 11) is 1.53. The predicted octanol–water partition coefficient (Wildman–Crippen LogP) is 6.66. The number of carbonyl (C=O) groups excluding carboxylic acids is 2. The molecular weight excluding hydrogens is 462 g/mol. The van der Waals surface area contributed by atoms with E-state index in [-0.39, 0.29) is 28.6 Å². The Morgan fingerprint density at radius 2 is 1.85 bits per heavy atom. The number of ether oxygens (including phenoxy) is 3. The highest BCUT2D eigenvalue weighted by atomic mass is 32.1. The highest BCUT2D eigenvalue weighted by Gasteiger charge is 2.24. The Bertz CT molecular complexity index is 1420. The van der Waals surface area contributed by atoms with Crippen molar-refractivity contribution in [1.29, 1.82) is 0 Å². The minimum absolute atomic E-state index is 0.0890. The normalized spacial score (nSPS) is 11.1. The molecule has 5 nitrogen and oxygen atoms in total. The van der Waals surface area contributed by atoms with Gasteiger partial charge in [-0.1, -0.05) is 6.07 Å². The van der Waals surface area contributed by atoms with Gasteiger partial charge in [0.05, 0.1) is 13.4 Å². The van der Waals surface area contributed by atoms with Gasteiger partial charge in [0.1, 0.15) is 16.4 Å². The van der Waals surface area contributed by atoms with Crippen LogP contribution in [-0.4, -0.2) is 19.4 Å². The highest BCUT2D eigenvalue weighted by Crippen LogP contribution is 2.43. The molecule has 0 N–H and O–H groups in total. The zero-order chi connectivity index (χ0) is 24.2. The van der Waals surface area contributed by atoms with E-state index in [9.17, 15) is 18.4 Å². The average molecular weight is 480 g/mol. The van der Waals surface area contributed by atoms with E-state index in [1.165, 1.54) is 54.9 Å². The van der Waals surface area contributed by atoms with Gasteiger partial charge in [0.2, 0.25) is 5.78 Å². The summed E-state index contributed by atoms with van der Waals surface area (Å²) in [6, 6.07) is 13.3. The van der Waals surface area contributed by atoms with E-state index in [4.69, 9.17) is 9.47 Å². The number of benzene rings is 3. The number of carbonyl (C=O) groups is 2. The van der Waals surface area contributed by atoms with Crippen LogP contribution in [0.25, 0.3) is 16.2 Å². The van der Waals surface area contributed by atoms with Gasteiger partial charge in [-0.15, -0.1) is 11.3 Å². The Morgan fingerprint density at radius 1 is 1.03 bits per heavy atom. The Kier molecular flexibility index (Phi) is 6.70. The van der Waals surface area contributed by atoms with Crippen LogP contribution in [0, 0.1) is 18.6 Å². The molecule has 0 amide bonds. The molecule has 0 bridgehead atoms. The van der Waals surface area contributed by atoms with Crippen LogP contribution in [0.2, 0.25) is 0 Å². The van der Waals surface area contributed by atoms with E-state index in [1.807, 2.05) is 0 Å². The molecule has 0 radical (unpaired) electrons. The molecule has 0 aliphatic carbocycles. The molecule has 172 valence electrons. The van der Waals surface area contributed by atoms with Crippen molar-refractivity contribution in [3.63, 3.8) is 0 Å². The number of thiophene rings is 1. The van der Waals surface area contributed by atoms with Gasteiger partial charge in [-0.3, -0.25) is 9.59 Å². The lowest BCUT2D eigenvalue weighted by Gasteiger charge is -2.10. The van der Waals surface area contributed by atoms with Crippen molar-refractivity contribution in [2.24, 2.45) is 0 Å². The number of rotatable bonds is 8. The van der Waals surface area contributed by atoms with E-state index < -0.39 is 11.6 Å². The van der Waals surface area contributed by atoms with Crippen LogP contribution in [0.4, 0.5) is 8.78 Å². The first-order valence-electron chi connectivity index (χ1n) is 10.1. The second kappa shape index (κ2) is 9.84. The third-order valence-corrected chi connectivity index (χ3v) is 6.19. The molecule has 0 aliphatic heterocycles. The van der Waals surface area contributed by atoms with Crippen LogP contribution < -0.4 is 9.47 Å². The molecule has 0 atom stereocenters. The van der Waals surface area contributed by atoms with Crippen LogP contribution >= 0.6 is 11.3 Å². The zero-order valence-electron chi connectivity index (χ0n) is 18.1. The van der Waals surface area contributed by atoms with Crippen molar-refractivity contribution in [1.82, 2.24) is 0 Å². The smallest absolute Gasteiger partial charge is 0.297 e. The van der Waals surface area contributed by atoms with Gasteiger partial charge in [-0.05, 0) is 72.7 Å². The zero-order valence-corrected chi connectivity index (χ0v) is 19.0. The van der Waals surface area contributed by atoms with E-state index in [1.54, 1.807) is 31.2 Å². The van der Waals surface area contributed by atoms with Crippen LogP contribution in [0.1, 0.15) is 26.4 Å². The van der Waals surface area contributed by atoms with E-state index in [0.717, 1.165) is 6.26 Å². The second-order valence-electron chi connectivity index (χ2n) is 7.24. The summed E-state index contributed by atoms with van der Waals surface area (Å²) in [5, 5.41) is 0.608. The molecule has 0 fully saturated rings. The number of ketones is 1. The number of aryl methyl sites for hydroxylation is 1. The molecule has 8 heteroatoms. The van der Waals surface area contributed by atoms with Gasteiger partial charge < -0.3 is 14.2 Å². The van der Waals surface area contributed by atoms with Crippen molar-refractivity contribution >= 4 is 39.8 Å². The van der Waals surface area contributed by atoms with Gasteiger partial charge in [-0.2, -0.15) is 0 Å². The lowest BCUT2D eigenvalue weighted by atomic mass is 10.0. The largest absolute Gasteiger partial charge is 0.497 e. The molecule has 0 saturated heterocycles. The molecule has 3 aromatic carbocycles. The van der Waals surface area contributed by atoms with Crippen molar-refractivity contribution in [2.75, 3.05) is 7.11 Å². The minimum Gasteiger partial charge on any atom is -0.497 e. The molecule has 1 heterocycles. The van der Waals surface area contributed by atoms with Gasteiger partial charge >= 0.3 is 0 Å². The van der Waals surface area contributed by atoms with Gasteiger partial charge in [-0.25, -0.2) is 8.78 Å². The number of methoxy groups -OCH3 is 1. The van der Waals surface area contributed by atoms with Crippen molar-refractivity contribution < 1.29 is 32.6 Å². The van der Waals surface area contributed by atoms with Gasteiger partial charge in [0.25, 0.3) is 6.47 Å². The lowest BCUT2D eigenvalue weighted by Crippen LogP contribution is -2.04. The van der Waals surface area contributed by atoms with Crippen LogP contribution in [0.3, 0.4) is 0 Å². The van der Waals surface area contributed by atoms with Crippen molar-refractivity contribution in [3.8, 4) is 17.2 Å². The quantitative estimate of drug-likeness (QED) is 0.160. The summed E-state index contributed by atoms with van der Waals surface area (Å²) >= 11 is 1.18. The molecule has 4 rings (SSSR count). The Labute approximate surface area is 197 Å². The summed E-state index contributed by atoms with van der Waals surface area (Å²) < 4.78 is 44.8. The highest BCUT2D eigenvalue weighted by molar-refractivity contribution is 7.21. The number of halogens is 2. The van der Waals surface area contributed by atoms with Crippen LogP contribution in [0.5, 0.6) is 17.2 Å². The maximum atomic E-state index is 14.8.